The van der Waals surface area contributed by atoms with Gasteiger partial charge < -0.3 is 4.74 Å². The molecule has 2 nitrogen and oxygen atoms in total. The first-order valence-corrected chi connectivity index (χ1v) is 16.2. The van der Waals surface area contributed by atoms with E-state index in [2.05, 4.69) is 111 Å². The van der Waals surface area contributed by atoms with E-state index in [1.807, 2.05) is 38.2 Å². The van der Waals surface area contributed by atoms with E-state index in [1.165, 1.54) is 72.5 Å². The molecule has 2 rings (SSSR count). The Labute approximate surface area is 270 Å². The van der Waals surface area contributed by atoms with Crippen molar-refractivity contribution in [2.75, 3.05) is 6.61 Å². The Kier molecular flexibility index (Phi) is 16.8. The molecule has 0 saturated carbocycles. The Hall–Kier alpha value is -3.39. The van der Waals surface area contributed by atoms with E-state index >= 15 is 0 Å². The normalized spacial score (nSPS) is 19.6. The summed E-state index contributed by atoms with van der Waals surface area (Å²) in [6.45, 7) is 29.7. The van der Waals surface area contributed by atoms with Crippen LogP contribution in [0.4, 0.5) is 0 Å². The molecule has 0 aromatic rings. The molecule has 0 aliphatic heterocycles. The minimum absolute atomic E-state index is 0.270. The number of hydrogen-bond acceptors (Lipinski definition) is 2. The lowest BCUT2D eigenvalue weighted by Gasteiger charge is -2.33. The van der Waals surface area contributed by atoms with E-state index < -0.39 is 5.97 Å². The van der Waals surface area contributed by atoms with E-state index in [9.17, 15) is 4.79 Å². The first-order valence-electron chi connectivity index (χ1n) is 16.2. The van der Waals surface area contributed by atoms with Crippen LogP contribution in [0.1, 0.15) is 108 Å². The number of carbonyl (C=O) groups is 1. The molecule has 0 aromatic carbocycles. The lowest BCUT2D eigenvalue weighted by molar-refractivity contribution is -0.136. The van der Waals surface area contributed by atoms with Crippen LogP contribution in [0, 0.1) is 10.8 Å². The molecule has 0 atom stereocenters. The van der Waals surface area contributed by atoms with E-state index in [-0.39, 0.29) is 12.0 Å². The summed E-state index contributed by atoms with van der Waals surface area (Å²) >= 11 is 0. The smallest absolute Gasteiger partial charge is 0.330 e. The third kappa shape index (κ3) is 14.9. The number of rotatable bonds is 11. The zero-order valence-electron chi connectivity index (χ0n) is 29.6. The second-order valence-corrected chi connectivity index (χ2v) is 13.7. The van der Waals surface area contributed by atoms with Gasteiger partial charge in [0.05, 0.1) is 0 Å². The molecule has 0 aromatic heterocycles. The molecule has 0 bridgehead atoms. The first kappa shape index (κ1) is 38.6. The quantitative estimate of drug-likeness (QED) is 0.135. The third-order valence-corrected chi connectivity index (χ3v) is 8.37. The van der Waals surface area contributed by atoms with Crippen LogP contribution < -0.4 is 0 Å². The highest BCUT2D eigenvalue weighted by atomic mass is 16.5. The van der Waals surface area contributed by atoms with E-state index in [1.54, 1.807) is 5.57 Å². The van der Waals surface area contributed by atoms with Crippen molar-refractivity contribution in [2.45, 2.75) is 108 Å². The molecular formula is C42H60O2. The van der Waals surface area contributed by atoms with Crippen molar-refractivity contribution in [1.82, 2.24) is 0 Å². The molecule has 2 heteroatoms. The summed E-state index contributed by atoms with van der Waals surface area (Å²) in [4.78, 5) is 11.0. The average molecular weight is 597 g/mol. The first-order chi connectivity index (χ1) is 20.6. The SMILES string of the molecule is C=C(C)/C=C/C=C(C)/C=C/C1=C(C)CCCC1(C)C.C=CC(=O)OC/C=C(C)/C=C/C=C(C)/C=C/C1=C(C)CCCC1(C)C. The summed E-state index contributed by atoms with van der Waals surface area (Å²) in [5, 5.41) is 0. The molecular weight excluding hydrogens is 536 g/mol. The van der Waals surface area contributed by atoms with E-state index in [4.69, 9.17) is 4.74 Å². The fourth-order valence-corrected chi connectivity index (χ4v) is 5.66. The number of allylic oxidation sites excluding steroid dienone is 18. The summed E-state index contributed by atoms with van der Waals surface area (Å²) in [6.07, 6.45) is 32.1. The largest absolute Gasteiger partial charge is 0.458 e. The highest BCUT2D eigenvalue weighted by Gasteiger charge is 2.27. The average Bonchev–Trinajstić information content (AvgIpc) is 2.92. The number of carbonyl (C=O) groups excluding carboxylic acids is 1. The van der Waals surface area contributed by atoms with E-state index in [0.29, 0.717) is 5.41 Å². The predicted octanol–water partition coefficient (Wildman–Crippen LogP) is 12.4. The number of hydrogen-bond donors (Lipinski definition) is 0. The van der Waals surface area contributed by atoms with Crippen LogP contribution in [0.3, 0.4) is 0 Å². The van der Waals surface area contributed by atoms with Gasteiger partial charge in [0.2, 0.25) is 0 Å². The Morgan fingerprint density at radius 2 is 1.20 bits per heavy atom. The van der Waals surface area contributed by atoms with Crippen LogP contribution in [0.15, 0.2) is 131 Å². The second kappa shape index (κ2) is 19.1. The van der Waals surface area contributed by atoms with Crippen molar-refractivity contribution in [3.05, 3.63) is 131 Å². The van der Waals surface area contributed by atoms with Gasteiger partial charge in [-0.2, -0.15) is 0 Å². The lowest BCUT2D eigenvalue weighted by atomic mass is 9.72. The monoisotopic (exact) mass is 596 g/mol. The van der Waals surface area contributed by atoms with Gasteiger partial charge in [0, 0.05) is 6.08 Å². The standard InChI is InChI=1S/C23H32O2.C19H28/c1-7-22(24)25-17-15-19(3)11-8-10-18(2)13-14-21-20(4)12-9-16-23(21,5)6;1-15(2)9-7-10-16(3)12-13-18-17(4)11-8-14-19(18,5)6/h7-8,10-11,13-15H,1,9,12,16-17H2,2-6H3;7,9-10,12-13H,1,8,11,14H2,2-6H3/b11-8+,14-13+,18-10+,19-15+;9-7+,13-12+,16-10+. The summed E-state index contributed by atoms with van der Waals surface area (Å²) in [5.74, 6) is -0.399. The summed E-state index contributed by atoms with van der Waals surface area (Å²) in [7, 11) is 0. The molecule has 2 aliphatic carbocycles. The van der Waals surface area contributed by atoms with Crippen molar-refractivity contribution in [1.29, 1.82) is 0 Å². The molecule has 2 aliphatic rings. The lowest BCUT2D eigenvalue weighted by Crippen LogP contribution is -2.19. The second-order valence-electron chi connectivity index (χ2n) is 13.7. The van der Waals surface area contributed by atoms with Gasteiger partial charge in [-0.3, -0.25) is 0 Å². The Morgan fingerprint density at radius 3 is 1.61 bits per heavy atom. The zero-order valence-corrected chi connectivity index (χ0v) is 29.6. The van der Waals surface area contributed by atoms with Gasteiger partial charge in [-0.05, 0) is 108 Å². The van der Waals surface area contributed by atoms with Crippen LogP contribution in [-0.4, -0.2) is 12.6 Å². The fraction of sp³-hybridized carbons (Fsp3) is 0.452. The van der Waals surface area contributed by atoms with Crippen molar-refractivity contribution < 1.29 is 9.53 Å². The molecule has 0 heterocycles. The minimum atomic E-state index is -0.399. The maximum absolute atomic E-state index is 11.0. The van der Waals surface area contributed by atoms with Crippen molar-refractivity contribution >= 4 is 5.97 Å². The summed E-state index contributed by atoms with van der Waals surface area (Å²) in [6, 6.07) is 0. The summed E-state index contributed by atoms with van der Waals surface area (Å²) < 4.78 is 4.93. The van der Waals surface area contributed by atoms with Gasteiger partial charge in [0.25, 0.3) is 0 Å². The van der Waals surface area contributed by atoms with Gasteiger partial charge in [-0.25, -0.2) is 4.79 Å². The van der Waals surface area contributed by atoms with E-state index in [0.717, 1.165) is 11.1 Å². The molecule has 44 heavy (non-hydrogen) atoms. The number of ether oxygens (including phenoxy) is 1. The van der Waals surface area contributed by atoms with Crippen LogP contribution in [-0.2, 0) is 9.53 Å². The van der Waals surface area contributed by atoms with Crippen molar-refractivity contribution in [2.24, 2.45) is 10.8 Å². The zero-order chi connectivity index (χ0) is 33.3. The summed E-state index contributed by atoms with van der Waals surface area (Å²) in [5.41, 5.74) is 11.3. The van der Waals surface area contributed by atoms with Gasteiger partial charge >= 0.3 is 5.97 Å². The molecule has 0 saturated heterocycles. The Bertz CT molecular complexity index is 1290. The maximum atomic E-state index is 11.0. The van der Waals surface area contributed by atoms with Crippen LogP contribution in [0.25, 0.3) is 0 Å². The molecule has 0 fully saturated rings. The Balaban J connectivity index is 0.000000457. The molecule has 0 N–H and O–H groups in total. The molecule has 0 radical (unpaired) electrons. The Morgan fingerprint density at radius 1 is 0.750 bits per heavy atom. The minimum Gasteiger partial charge on any atom is -0.458 e. The highest BCUT2D eigenvalue weighted by Crippen LogP contribution is 2.41. The molecule has 0 spiro atoms. The van der Waals surface area contributed by atoms with Crippen LogP contribution in [0.5, 0.6) is 0 Å². The van der Waals surface area contributed by atoms with Crippen LogP contribution >= 0.6 is 0 Å². The predicted molar refractivity (Wildman–Crippen MR) is 194 cm³/mol. The molecule has 240 valence electrons. The van der Waals surface area contributed by atoms with Crippen LogP contribution in [0.2, 0.25) is 0 Å². The van der Waals surface area contributed by atoms with Gasteiger partial charge in [0.1, 0.15) is 6.61 Å². The number of esters is 1. The van der Waals surface area contributed by atoms with Gasteiger partial charge in [-0.15, -0.1) is 0 Å². The topological polar surface area (TPSA) is 26.3 Å². The molecule has 0 amide bonds. The fourth-order valence-electron chi connectivity index (χ4n) is 5.66. The van der Waals surface area contributed by atoms with Gasteiger partial charge in [-0.1, -0.05) is 135 Å². The van der Waals surface area contributed by atoms with Crippen molar-refractivity contribution in [3.8, 4) is 0 Å². The third-order valence-electron chi connectivity index (χ3n) is 8.37. The maximum Gasteiger partial charge on any atom is 0.330 e. The van der Waals surface area contributed by atoms with Crippen molar-refractivity contribution in [3.63, 3.8) is 0 Å². The highest BCUT2D eigenvalue weighted by molar-refractivity contribution is 5.81. The molecule has 0 unspecified atom stereocenters. The van der Waals surface area contributed by atoms with Gasteiger partial charge in [0.15, 0.2) is 0 Å².